The van der Waals surface area contributed by atoms with Gasteiger partial charge in [0.1, 0.15) is 35.4 Å². The minimum Gasteiger partial charge on any atom is -0.486 e. The van der Waals surface area contributed by atoms with E-state index in [9.17, 15) is 13.6 Å². The molecule has 0 saturated carbocycles. The number of ether oxygens (including phenoxy) is 1. The molecule has 5 nitrogen and oxygen atoms in total. The van der Waals surface area contributed by atoms with Crippen molar-refractivity contribution in [2.24, 2.45) is 5.73 Å². The second-order valence-electron chi connectivity index (χ2n) is 5.33. The lowest BCUT2D eigenvalue weighted by molar-refractivity contribution is 0.0996. The summed E-state index contributed by atoms with van der Waals surface area (Å²) in [5, 5.41) is 0. The summed E-state index contributed by atoms with van der Waals surface area (Å²) in [7, 11) is 0. The number of hydrogen-bond acceptors (Lipinski definition) is 4. The van der Waals surface area contributed by atoms with Gasteiger partial charge in [-0.25, -0.2) is 13.8 Å². The molecule has 2 aromatic carbocycles. The smallest absolute Gasteiger partial charge is 0.252 e. The summed E-state index contributed by atoms with van der Waals surface area (Å²) in [4.78, 5) is 15.6. The van der Waals surface area contributed by atoms with Crippen molar-refractivity contribution >= 4 is 5.91 Å². The number of primary amides is 1. The molecule has 0 fully saturated rings. The summed E-state index contributed by atoms with van der Waals surface area (Å²) < 4.78 is 37.7. The maximum atomic E-state index is 13.3. The zero-order chi connectivity index (χ0) is 18.0. The van der Waals surface area contributed by atoms with Gasteiger partial charge in [-0.3, -0.25) is 4.79 Å². The first-order valence-electron chi connectivity index (χ1n) is 7.38. The van der Waals surface area contributed by atoms with Crippen LogP contribution in [0.25, 0.3) is 11.5 Å². The van der Waals surface area contributed by atoms with E-state index >= 15 is 0 Å². The Labute approximate surface area is 142 Å². The molecule has 1 aromatic heterocycles. The minimum atomic E-state index is -0.723. The number of rotatable bonds is 5. The number of benzene rings is 2. The van der Waals surface area contributed by atoms with Crippen LogP contribution in [0.2, 0.25) is 0 Å². The van der Waals surface area contributed by atoms with Gasteiger partial charge in [0.05, 0.1) is 5.56 Å². The van der Waals surface area contributed by atoms with E-state index in [1.54, 1.807) is 31.2 Å². The molecule has 0 radical (unpaired) electrons. The zero-order valence-electron chi connectivity index (χ0n) is 13.3. The van der Waals surface area contributed by atoms with Crippen LogP contribution >= 0.6 is 0 Å². The summed E-state index contributed by atoms with van der Waals surface area (Å²) in [6.07, 6.45) is 0. The first kappa shape index (κ1) is 16.6. The molecular formula is C18H14F2N2O3. The highest BCUT2D eigenvalue weighted by atomic mass is 19.1. The summed E-state index contributed by atoms with van der Waals surface area (Å²) in [6, 6.07) is 9.56. The molecule has 0 bridgehead atoms. The van der Waals surface area contributed by atoms with Crippen molar-refractivity contribution in [1.82, 2.24) is 4.98 Å². The highest BCUT2D eigenvalue weighted by Crippen LogP contribution is 2.25. The average Bonchev–Trinajstić information content (AvgIpc) is 2.93. The monoisotopic (exact) mass is 344 g/mol. The van der Waals surface area contributed by atoms with Crippen molar-refractivity contribution in [1.29, 1.82) is 0 Å². The first-order valence-corrected chi connectivity index (χ1v) is 7.38. The number of oxazole rings is 1. The van der Waals surface area contributed by atoms with Crippen LogP contribution in [0.5, 0.6) is 5.75 Å². The normalized spacial score (nSPS) is 10.7. The van der Waals surface area contributed by atoms with E-state index in [1.165, 1.54) is 0 Å². The summed E-state index contributed by atoms with van der Waals surface area (Å²) in [5.41, 5.74) is 6.17. The molecule has 3 aromatic rings. The SMILES string of the molecule is Cc1oc(-c2cc(F)cc(F)c2)nc1COc1ccccc1C(N)=O. The molecule has 1 amide bonds. The molecule has 0 unspecified atom stereocenters. The molecule has 0 aliphatic carbocycles. The van der Waals surface area contributed by atoms with Crippen molar-refractivity contribution in [2.45, 2.75) is 13.5 Å². The Morgan fingerprint density at radius 3 is 2.56 bits per heavy atom. The van der Waals surface area contributed by atoms with Crippen molar-refractivity contribution < 1.29 is 22.7 Å². The number of aromatic nitrogens is 1. The van der Waals surface area contributed by atoms with Gasteiger partial charge in [0.15, 0.2) is 0 Å². The number of nitrogens with zero attached hydrogens (tertiary/aromatic N) is 1. The lowest BCUT2D eigenvalue weighted by Crippen LogP contribution is -2.13. The van der Waals surface area contributed by atoms with Crippen LogP contribution in [0.3, 0.4) is 0 Å². The number of nitrogens with two attached hydrogens (primary N) is 1. The Morgan fingerprint density at radius 1 is 1.20 bits per heavy atom. The van der Waals surface area contributed by atoms with Crippen LogP contribution in [0.1, 0.15) is 21.8 Å². The van der Waals surface area contributed by atoms with E-state index in [2.05, 4.69) is 4.98 Å². The van der Waals surface area contributed by atoms with Crippen LogP contribution < -0.4 is 10.5 Å². The topological polar surface area (TPSA) is 78.3 Å². The Kier molecular flexibility index (Phi) is 4.47. The maximum Gasteiger partial charge on any atom is 0.252 e. The van der Waals surface area contributed by atoms with E-state index in [1.807, 2.05) is 0 Å². The lowest BCUT2D eigenvalue weighted by Gasteiger charge is -2.07. The third kappa shape index (κ3) is 3.65. The molecule has 7 heteroatoms. The van der Waals surface area contributed by atoms with E-state index in [4.69, 9.17) is 14.9 Å². The molecule has 2 N–H and O–H groups in total. The highest BCUT2D eigenvalue weighted by Gasteiger charge is 2.15. The largest absolute Gasteiger partial charge is 0.486 e. The van der Waals surface area contributed by atoms with Gasteiger partial charge >= 0.3 is 0 Å². The van der Waals surface area contributed by atoms with Gasteiger partial charge in [-0.15, -0.1) is 0 Å². The van der Waals surface area contributed by atoms with Gasteiger partial charge in [-0.2, -0.15) is 0 Å². The lowest BCUT2D eigenvalue weighted by atomic mass is 10.2. The van der Waals surface area contributed by atoms with Crippen molar-refractivity contribution in [3.8, 4) is 17.2 Å². The second-order valence-corrected chi connectivity index (χ2v) is 5.33. The fourth-order valence-corrected chi connectivity index (χ4v) is 2.30. The number of halogens is 2. The molecule has 0 aliphatic heterocycles. The molecule has 25 heavy (non-hydrogen) atoms. The van der Waals surface area contributed by atoms with Crippen LogP contribution in [-0.4, -0.2) is 10.9 Å². The molecule has 3 rings (SSSR count). The van der Waals surface area contributed by atoms with E-state index < -0.39 is 17.5 Å². The van der Waals surface area contributed by atoms with Gasteiger partial charge < -0.3 is 14.9 Å². The molecule has 128 valence electrons. The van der Waals surface area contributed by atoms with E-state index in [-0.39, 0.29) is 23.6 Å². The maximum absolute atomic E-state index is 13.3. The van der Waals surface area contributed by atoms with Crippen LogP contribution in [-0.2, 0) is 6.61 Å². The van der Waals surface area contributed by atoms with Gasteiger partial charge in [0.25, 0.3) is 5.91 Å². The number of amides is 1. The number of carbonyl (C=O) groups excluding carboxylic acids is 1. The molecule has 0 spiro atoms. The van der Waals surface area contributed by atoms with Crippen LogP contribution in [0.15, 0.2) is 46.9 Å². The number of para-hydroxylation sites is 1. The van der Waals surface area contributed by atoms with Gasteiger partial charge in [0.2, 0.25) is 5.89 Å². The molecular weight excluding hydrogens is 330 g/mol. The van der Waals surface area contributed by atoms with Gasteiger partial charge in [-0.1, -0.05) is 12.1 Å². The Bertz CT molecular complexity index is 918. The predicted molar refractivity (Wildman–Crippen MR) is 85.9 cm³/mol. The van der Waals surface area contributed by atoms with Gasteiger partial charge in [0, 0.05) is 11.6 Å². The second kappa shape index (κ2) is 6.72. The first-order chi connectivity index (χ1) is 11.9. The summed E-state index contributed by atoms with van der Waals surface area (Å²) >= 11 is 0. The van der Waals surface area contributed by atoms with E-state index in [0.29, 0.717) is 17.2 Å². The summed E-state index contributed by atoms with van der Waals surface area (Å²) in [5.74, 6) is -1.22. The minimum absolute atomic E-state index is 0.0113. The van der Waals surface area contributed by atoms with Gasteiger partial charge in [-0.05, 0) is 31.2 Å². The van der Waals surface area contributed by atoms with E-state index in [0.717, 1.165) is 18.2 Å². The Morgan fingerprint density at radius 2 is 1.88 bits per heavy atom. The fraction of sp³-hybridized carbons (Fsp3) is 0.111. The highest BCUT2D eigenvalue weighted by molar-refractivity contribution is 5.95. The van der Waals surface area contributed by atoms with Crippen molar-refractivity contribution in [3.63, 3.8) is 0 Å². The predicted octanol–water partition coefficient (Wildman–Crippen LogP) is 3.61. The average molecular weight is 344 g/mol. The molecule has 0 saturated heterocycles. The Hall–Kier alpha value is -3.22. The molecule has 1 heterocycles. The number of carbonyl (C=O) groups is 1. The standard InChI is InChI=1S/C18H14F2N2O3/c1-10-15(9-24-16-5-3-2-4-14(16)17(21)23)22-18(25-10)11-6-12(19)8-13(20)7-11/h2-8H,9H2,1H3,(H2,21,23). The number of hydrogen-bond donors (Lipinski definition) is 1. The fourth-order valence-electron chi connectivity index (χ4n) is 2.30. The van der Waals surface area contributed by atoms with Crippen LogP contribution in [0, 0.1) is 18.6 Å². The summed E-state index contributed by atoms with van der Waals surface area (Å²) in [6.45, 7) is 1.67. The van der Waals surface area contributed by atoms with Crippen molar-refractivity contribution in [3.05, 3.63) is 71.1 Å². The third-order valence-electron chi connectivity index (χ3n) is 3.52. The molecule has 0 atom stereocenters. The number of aryl methyl sites for hydroxylation is 1. The molecule has 0 aliphatic rings. The quantitative estimate of drug-likeness (QED) is 0.767. The zero-order valence-corrected chi connectivity index (χ0v) is 13.3. The Balaban J connectivity index is 1.83. The van der Waals surface area contributed by atoms with Crippen LogP contribution in [0.4, 0.5) is 8.78 Å². The third-order valence-corrected chi connectivity index (χ3v) is 3.52. The van der Waals surface area contributed by atoms with Crippen molar-refractivity contribution in [2.75, 3.05) is 0 Å².